The Morgan fingerprint density at radius 3 is 2.46 bits per heavy atom. The fraction of sp³-hybridized carbons (Fsp3) is 0.333. The number of fused-ring (bicyclic) bond motifs is 3. The molecule has 0 aliphatic rings. The molecule has 26 heavy (non-hydrogen) atoms. The Hall–Kier alpha value is -2.82. The molecule has 1 aromatic heterocycles. The molecule has 0 unspecified atom stereocenters. The number of hydrogen-bond donors (Lipinski definition) is 1. The van der Waals surface area contributed by atoms with Gasteiger partial charge >= 0.3 is 0 Å². The van der Waals surface area contributed by atoms with Gasteiger partial charge in [-0.1, -0.05) is 18.2 Å². The summed E-state index contributed by atoms with van der Waals surface area (Å²) in [7, 11) is 0. The molecule has 136 valence electrons. The van der Waals surface area contributed by atoms with Crippen molar-refractivity contribution in [1.29, 1.82) is 0 Å². The average molecular weight is 352 g/mol. The van der Waals surface area contributed by atoms with Gasteiger partial charge in [0.1, 0.15) is 11.2 Å². The summed E-state index contributed by atoms with van der Waals surface area (Å²) in [6, 6.07) is 13.5. The van der Waals surface area contributed by atoms with Gasteiger partial charge in [0, 0.05) is 48.5 Å². The van der Waals surface area contributed by atoms with E-state index in [0.717, 1.165) is 21.9 Å². The van der Waals surface area contributed by atoms with Gasteiger partial charge in [-0.25, -0.2) is 0 Å². The summed E-state index contributed by atoms with van der Waals surface area (Å²) in [5.41, 5.74) is 2.29. The van der Waals surface area contributed by atoms with Crippen LogP contribution in [0.3, 0.4) is 0 Å². The van der Waals surface area contributed by atoms with Gasteiger partial charge < -0.3 is 14.6 Å². The molecule has 0 fully saturated rings. The first kappa shape index (κ1) is 18.0. The Bertz CT molecular complexity index is 925. The highest BCUT2D eigenvalue weighted by Crippen LogP contribution is 2.30. The molecule has 3 rings (SSSR count). The number of nitrogens with zero attached hydrogens (tertiary/aromatic N) is 1. The van der Waals surface area contributed by atoms with Crippen molar-refractivity contribution in [3.05, 3.63) is 42.5 Å². The van der Waals surface area contributed by atoms with Crippen LogP contribution in [0.1, 0.15) is 33.1 Å². The molecule has 0 saturated heterocycles. The number of benzene rings is 2. The van der Waals surface area contributed by atoms with Crippen LogP contribution in [0.5, 0.6) is 0 Å². The number of rotatable bonds is 7. The summed E-state index contributed by atoms with van der Waals surface area (Å²) in [5, 5.41) is 4.98. The maximum atomic E-state index is 12.1. The number of furan rings is 1. The molecule has 3 aromatic rings. The lowest BCUT2D eigenvalue weighted by atomic mass is 10.1. The van der Waals surface area contributed by atoms with Crippen molar-refractivity contribution in [2.24, 2.45) is 0 Å². The Labute approximate surface area is 153 Å². The van der Waals surface area contributed by atoms with E-state index < -0.39 is 0 Å². The monoisotopic (exact) mass is 352 g/mol. The van der Waals surface area contributed by atoms with E-state index in [1.807, 2.05) is 56.3 Å². The number of amides is 2. The summed E-state index contributed by atoms with van der Waals surface area (Å²) in [6.07, 6.45) is 1.27. The van der Waals surface area contributed by atoms with Gasteiger partial charge in [0.25, 0.3) is 0 Å². The van der Waals surface area contributed by atoms with Gasteiger partial charge in [-0.3, -0.25) is 9.59 Å². The minimum Gasteiger partial charge on any atom is -0.456 e. The molecule has 0 aliphatic heterocycles. The second-order valence-corrected chi connectivity index (χ2v) is 6.28. The maximum absolute atomic E-state index is 12.1. The van der Waals surface area contributed by atoms with Crippen molar-refractivity contribution in [2.75, 3.05) is 18.4 Å². The zero-order chi connectivity index (χ0) is 18.5. The molecule has 0 aliphatic carbocycles. The van der Waals surface area contributed by atoms with Crippen molar-refractivity contribution in [2.45, 2.75) is 33.1 Å². The van der Waals surface area contributed by atoms with Gasteiger partial charge in [0.15, 0.2) is 0 Å². The standard InChI is InChI=1S/C21H24N2O3/c1-3-23(4-2)21(25)11-7-10-20(24)22-15-12-13-17-16-8-5-6-9-18(16)26-19(17)14-15/h5-6,8-9,12-14H,3-4,7,10-11H2,1-2H3,(H,22,24). The summed E-state index contributed by atoms with van der Waals surface area (Å²) in [6.45, 7) is 5.34. The van der Waals surface area contributed by atoms with Crippen LogP contribution in [-0.4, -0.2) is 29.8 Å². The lowest BCUT2D eigenvalue weighted by molar-refractivity contribution is -0.130. The number of para-hydroxylation sites is 1. The number of nitrogens with one attached hydrogen (secondary N) is 1. The fourth-order valence-corrected chi connectivity index (χ4v) is 3.16. The first-order valence-corrected chi connectivity index (χ1v) is 9.11. The number of carbonyl (C=O) groups is 2. The van der Waals surface area contributed by atoms with E-state index >= 15 is 0 Å². The van der Waals surface area contributed by atoms with Crippen LogP contribution in [0.15, 0.2) is 46.9 Å². The van der Waals surface area contributed by atoms with Crippen LogP contribution in [-0.2, 0) is 9.59 Å². The van der Waals surface area contributed by atoms with Gasteiger partial charge in [-0.05, 0) is 38.5 Å². The number of hydrogen-bond acceptors (Lipinski definition) is 3. The van der Waals surface area contributed by atoms with Crippen molar-refractivity contribution in [3.8, 4) is 0 Å². The highest BCUT2D eigenvalue weighted by Gasteiger charge is 2.11. The summed E-state index contributed by atoms with van der Waals surface area (Å²) < 4.78 is 5.84. The van der Waals surface area contributed by atoms with Crippen LogP contribution >= 0.6 is 0 Å². The highest BCUT2D eigenvalue weighted by atomic mass is 16.3. The molecule has 5 nitrogen and oxygen atoms in total. The van der Waals surface area contributed by atoms with E-state index in [2.05, 4.69) is 5.32 Å². The zero-order valence-corrected chi connectivity index (χ0v) is 15.2. The molecule has 0 atom stereocenters. The predicted molar refractivity (Wildman–Crippen MR) is 104 cm³/mol. The third-order valence-electron chi connectivity index (χ3n) is 4.57. The van der Waals surface area contributed by atoms with Crippen LogP contribution in [0.4, 0.5) is 5.69 Å². The third-order valence-corrected chi connectivity index (χ3v) is 4.57. The second-order valence-electron chi connectivity index (χ2n) is 6.28. The minimum absolute atomic E-state index is 0.0900. The first-order chi connectivity index (χ1) is 12.6. The van der Waals surface area contributed by atoms with E-state index in [0.29, 0.717) is 38.0 Å². The van der Waals surface area contributed by atoms with Crippen molar-refractivity contribution in [3.63, 3.8) is 0 Å². The Morgan fingerprint density at radius 1 is 0.962 bits per heavy atom. The smallest absolute Gasteiger partial charge is 0.224 e. The molecule has 1 heterocycles. The topological polar surface area (TPSA) is 62.6 Å². The van der Waals surface area contributed by atoms with Crippen molar-refractivity contribution < 1.29 is 14.0 Å². The van der Waals surface area contributed by atoms with Crippen molar-refractivity contribution >= 4 is 39.4 Å². The van der Waals surface area contributed by atoms with Gasteiger partial charge in [0.05, 0.1) is 0 Å². The summed E-state index contributed by atoms with van der Waals surface area (Å²) in [5.74, 6) is 0.0132. The first-order valence-electron chi connectivity index (χ1n) is 9.11. The van der Waals surface area contributed by atoms with E-state index in [1.54, 1.807) is 4.90 Å². The predicted octanol–water partition coefficient (Wildman–Crippen LogP) is 4.56. The van der Waals surface area contributed by atoms with Crippen molar-refractivity contribution in [1.82, 2.24) is 4.90 Å². The maximum Gasteiger partial charge on any atom is 0.224 e. The quantitative estimate of drug-likeness (QED) is 0.678. The molecule has 0 spiro atoms. The molecule has 1 N–H and O–H groups in total. The van der Waals surface area contributed by atoms with Gasteiger partial charge in [-0.15, -0.1) is 0 Å². The number of anilines is 1. The summed E-state index contributed by atoms with van der Waals surface area (Å²) >= 11 is 0. The molecule has 5 heteroatoms. The van der Waals surface area contributed by atoms with Crippen LogP contribution in [0, 0.1) is 0 Å². The van der Waals surface area contributed by atoms with E-state index in [9.17, 15) is 9.59 Å². The molecular formula is C21H24N2O3. The minimum atomic E-state index is -0.0900. The lowest BCUT2D eigenvalue weighted by Crippen LogP contribution is -2.30. The molecule has 0 saturated carbocycles. The van der Waals surface area contributed by atoms with E-state index in [-0.39, 0.29) is 11.8 Å². The van der Waals surface area contributed by atoms with Gasteiger partial charge in [0.2, 0.25) is 11.8 Å². The molecule has 0 bridgehead atoms. The largest absolute Gasteiger partial charge is 0.456 e. The molecular weight excluding hydrogens is 328 g/mol. The van der Waals surface area contributed by atoms with E-state index in [4.69, 9.17) is 4.42 Å². The molecule has 2 amide bonds. The molecule has 0 radical (unpaired) electrons. The SMILES string of the molecule is CCN(CC)C(=O)CCCC(=O)Nc1ccc2c(c1)oc1ccccc12. The average Bonchev–Trinajstić information content (AvgIpc) is 3.00. The normalized spacial score (nSPS) is 11.0. The molecule has 2 aromatic carbocycles. The van der Waals surface area contributed by atoms with Crippen LogP contribution < -0.4 is 5.32 Å². The van der Waals surface area contributed by atoms with Crippen LogP contribution in [0.25, 0.3) is 21.9 Å². The second kappa shape index (κ2) is 8.04. The van der Waals surface area contributed by atoms with Crippen LogP contribution in [0.2, 0.25) is 0 Å². The summed E-state index contributed by atoms with van der Waals surface area (Å²) in [4.78, 5) is 25.9. The zero-order valence-electron chi connectivity index (χ0n) is 15.2. The third kappa shape index (κ3) is 3.87. The Balaban J connectivity index is 1.59. The van der Waals surface area contributed by atoms with Gasteiger partial charge in [-0.2, -0.15) is 0 Å². The Kier molecular flexibility index (Phi) is 5.56. The lowest BCUT2D eigenvalue weighted by Gasteiger charge is -2.18. The van der Waals surface area contributed by atoms with E-state index in [1.165, 1.54) is 0 Å². The number of carbonyl (C=O) groups excluding carboxylic acids is 2. The fourth-order valence-electron chi connectivity index (χ4n) is 3.16. The highest BCUT2D eigenvalue weighted by molar-refractivity contribution is 6.06. The Morgan fingerprint density at radius 2 is 1.69 bits per heavy atom.